The van der Waals surface area contributed by atoms with Gasteiger partial charge >= 0.3 is 0 Å². The van der Waals surface area contributed by atoms with E-state index in [1.54, 1.807) is 18.2 Å². The number of benzene rings is 3. The summed E-state index contributed by atoms with van der Waals surface area (Å²) in [6, 6.07) is 19.7. The molecule has 1 amide bonds. The quantitative estimate of drug-likeness (QED) is 0.521. The van der Waals surface area contributed by atoms with Crippen molar-refractivity contribution in [2.75, 3.05) is 17.5 Å². The summed E-state index contributed by atoms with van der Waals surface area (Å²) in [7, 11) is -4.04. The molecule has 0 heterocycles. The van der Waals surface area contributed by atoms with Gasteiger partial charge in [-0.1, -0.05) is 30.3 Å². The zero-order valence-electron chi connectivity index (χ0n) is 17.9. The van der Waals surface area contributed by atoms with E-state index in [1.165, 1.54) is 24.3 Å². The van der Waals surface area contributed by atoms with Crippen molar-refractivity contribution in [3.8, 4) is 5.75 Å². The van der Waals surface area contributed by atoms with Crippen LogP contribution in [0.2, 0.25) is 0 Å². The van der Waals surface area contributed by atoms with Gasteiger partial charge in [0, 0.05) is 0 Å². The highest BCUT2D eigenvalue weighted by Crippen LogP contribution is 2.24. The molecule has 1 N–H and O–H groups in total. The molecule has 0 aliphatic carbocycles. The van der Waals surface area contributed by atoms with Gasteiger partial charge in [0.15, 0.2) is 0 Å². The van der Waals surface area contributed by atoms with Crippen molar-refractivity contribution >= 4 is 21.6 Å². The lowest BCUT2D eigenvalue weighted by Gasteiger charge is -2.25. The SMILES string of the molecule is CCOc1ccc(C(C)NC(=O)CN(c2ccc(F)cc2)S(=O)(=O)c2ccccc2)cc1. The van der Waals surface area contributed by atoms with Crippen molar-refractivity contribution < 1.29 is 22.3 Å². The third-order valence-corrected chi connectivity index (χ3v) is 6.59. The predicted octanol–water partition coefficient (Wildman–Crippen LogP) is 4.30. The van der Waals surface area contributed by atoms with E-state index in [4.69, 9.17) is 4.74 Å². The number of carbonyl (C=O) groups is 1. The number of nitrogens with one attached hydrogen (secondary N) is 1. The largest absolute Gasteiger partial charge is 0.494 e. The highest BCUT2D eigenvalue weighted by molar-refractivity contribution is 7.92. The Bertz CT molecular complexity index is 1130. The van der Waals surface area contributed by atoms with Gasteiger partial charge in [-0.05, 0) is 67.9 Å². The zero-order valence-corrected chi connectivity index (χ0v) is 18.7. The van der Waals surface area contributed by atoms with Crippen LogP contribution in [0.15, 0.2) is 83.8 Å². The molecular weight excluding hydrogens is 431 g/mol. The number of halogens is 1. The van der Waals surface area contributed by atoms with Crippen LogP contribution in [0.5, 0.6) is 5.75 Å². The summed E-state index contributed by atoms with van der Waals surface area (Å²) >= 11 is 0. The molecule has 0 aliphatic heterocycles. The van der Waals surface area contributed by atoms with Gasteiger partial charge in [0.2, 0.25) is 5.91 Å². The summed E-state index contributed by atoms with van der Waals surface area (Å²) in [5, 5.41) is 2.82. The van der Waals surface area contributed by atoms with Crippen molar-refractivity contribution in [3.05, 3.63) is 90.2 Å². The van der Waals surface area contributed by atoms with Gasteiger partial charge in [0.1, 0.15) is 18.1 Å². The Kier molecular flexibility index (Phi) is 7.48. The Labute approximate surface area is 187 Å². The monoisotopic (exact) mass is 456 g/mol. The Morgan fingerprint density at radius 2 is 1.62 bits per heavy atom. The summed E-state index contributed by atoms with van der Waals surface area (Å²) in [5.74, 6) is -0.263. The van der Waals surface area contributed by atoms with Crippen LogP contribution in [0.3, 0.4) is 0 Å². The summed E-state index contributed by atoms with van der Waals surface area (Å²) in [6.45, 7) is 3.81. The summed E-state index contributed by atoms with van der Waals surface area (Å²) in [4.78, 5) is 12.8. The van der Waals surface area contributed by atoms with Crippen LogP contribution in [0.25, 0.3) is 0 Å². The average Bonchev–Trinajstić information content (AvgIpc) is 2.79. The summed E-state index contributed by atoms with van der Waals surface area (Å²) in [6.07, 6.45) is 0. The topological polar surface area (TPSA) is 75.7 Å². The predicted molar refractivity (Wildman–Crippen MR) is 122 cm³/mol. The van der Waals surface area contributed by atoms with E-state index in [0.29, 0.717) is 6.61 Å². The van der Waals surface area contributed by atoms with E-state index in [2.05, 4.69) is 5.32 Å². The maximum atomic E-state index is 13.4. The van der Waals surface area contributed by atoms with E-state index >= 15 is 0 Å². The minimum Gasteiger partial charge on any atom is -0.494 e. The number of hydrogen-bond donors (Lipinski definition) is 1. The highest BCUT2D eigenvalue weighted by Gasteiger charge is 2.27. The van der Waals surface area contributed by atoms with Gasteiger partial charge < -0.3 is 10.1 Å². The molecular formula is C24H25FN2O4S. The molecule has 3 rings (SSSR count). The van der Waals surface area contributed by atoms with E-state index in [9.17, 15) is 17.6 Å². The Morgan fingerprint density at radius 3 is 2.22 bits per heavy atom. The number of nitrogens with zero attached hydrogens (tertiary/aromatic N) is 1. The second-order valence-electron chi connectivity index (χ2n) is 7.09. The molecule has 0 aromatic heterocycles. The molecule has 0 bridgehead atoms. The molecule has 3 aromatic rings. The molecule has 3 aromatic carbocycles. The molecule has 0 spiro atoms. The van der Waals surface area contributed by atoms with Gasteiger partial charge in [-0.2, -0.15) is 0 Å². The molecule has 8 heteroatoms. The fourth-order valence-corrected chi connectivity index (χ4v) is 4.60. The first-order valence-corrected chi connectivity index (χ1v) is 11.6. The summed E-state index contributed by atoms with van der Waals surface area (Å²) < 4.78 is 46.3. The Hall–Kier alpha value is -3.39. The average molecular weight is 457 g/mol. The molecule has 32 heavy (non-hydrogen) atoms. The number of anilines is 1. The zero-order chi connectivity index (χ0) is 23.1. The van der Waals surface area contributed by atoms with Gasteiger partial charge in [-0.15, -0.1) is 0 Å². The van der Waals surface area contributed by atoms with Gasteiger partial charge in [-0.3, -0.25) is 9.10 Å². The normalized spacial score (nSPS) is 12.1. The Balaban J connectivity index is 1.81. The molecule has 0 saturated heterocycles. The Morgan fingerprint density at radius 1 is 1.00 bits per heavy atom. The second kappa shape index (κ2) is 10.3. The molecule has 0 aliphatic rings. The lowest BCUT2D eigenvalue weighted by Crippen LogP contribution is -2.41. The summed E-state index contributed by atoms with van der Waals surface area (Å²) in [5.41, 5.74) is 1.04. The molecule has 0 saturated carbocycles. The fraction of sp³-hybridized carbons (Fsp3) is 0.208. The number of rotatable bonds is 9. The van der Waals surface area contributed by atoms with Crippen molar-refractivity contribution in [1.82, 2.24) is 5.32 Å². The van der Waals surface area contributed by atoms with Crippen LogP contribution in [-0.2, 0) is 14.8 Å². The minimum absolute atomic E-state index is 0.0386. The van der Waals surface area contributed by atoms with Gasteiger partial charge in [0.25, 0.3) is 10.0 Å². The van der Waals surface area contributed by atoms with Crippen molar-refractivity contribution in [3.63, 3.8) is 0 Å². The third-order valence-electron chi connectivity index (χ3n) is 4.80. The van der Waals surface area contributed by atoms with Gasteiger partial charge in [-0.25, -0.2) is 12.8 Å². The smallest absolute Gasteiger partial charge is 0.264 e. The molecule has 1 atom stereocenters. The van der Waals surface area contributed by atoms with Crippen LogP contribution in [-0.4, -0.2) is 27.5 Å². The van der Waals surface area contributed by atoms with E-state index in [1.807, 2.05) is 38.1 Å². The maximum absolute atomic E-state index is 13.4. The maximum Gasteiger partial charge on any atom is 0.264 e. The van der Waals surface area contributed by atoms with Crippen LogP contribution in [0, 0.1) is 5.82 Å². The first-order valence-electron chi connectivity index (χ1n) is 10.2. The van der Waals surface area contributed by atoms with E-state index in [0.717, 1.165) is 27.8 Å². The van der Waals surface area contributed by atoms with E-state index in [-0.39, 0.29) is 16.6 Å². The lowest BCUT2D eigenvalue weighted by molar-refractivity contribution is -0.120. The number of amides is 1. The molecule has 0 radical (unpaired) electrons. The number of sulfonamides is 1. The first kappa shape index (κ1) is 23.3. The molecule has 1 unspecified atom stereocenters. The van der Waals surface area contributed by atoms with Crippen LogP contribution < -0.4 is 14.4 Å². The standard InChI is InChI=1S/C24H25FN2O4S/c1-3-31-22-15-9-19(10-16-22)18(2)26-24(28)17-27(21-13-11-20(25)12-14-21)32(29,30)23-7-5-4-6-8-23/h4-16,18H,3,17H2,1-2H3,(H,26,28). The number of hydrogen-bond acceptors (Lipinski definition) is 4. The van der Waals surface area contributed by atoms with Crippen molar-refractivity contribution in [2.45, 2.75) is 24.8 Å². The molecule has 0 fully saturated rings. The van der Waals surface area contributed by atoms with Crippen LogP contribution in [0.4, 0.5) is 10.1 Å². The minimum atomic E-state index is -4.04. The highest BCUT2D eigenvalue weighted by atomic mass is 32.2. The lowest BCUT2D eigenvalue weighted by atomic mass is 10.1. The van der Waals surface area contributed by atoms with Crippen LogP contribution >= 0.6 is 0 Å². The fourth-order valence-electron chi connectivity index (χ4n) is 3.16. The molecule has 6 nitrogen and oxygen atoms in total. The number of ether oxygens (including phenoxy) is 1. The van der Waals surface area contributed by atoms with Gasteiger partial charge in [0.05, 0.1) is 23.2 Å². The van der Waals surface area contributed by atoms with E-state index < -0.39 is 28.3 Å². The third kappa shape index (κ3) is 5.64. The van der Waals surface area contributed by atoms with Crippen LogP contribution in [0.1, 0.15) is 25.5 Å². The van der Waals surface area contributed by atoms with Crippen molar-refractivity contribution in [1.29, 1.82) is 0 Å². The molecule has 168 valence electrons. The van der Waals surface area contributed by atoms with Crippen molar-refractivity contribution in [2.24, 2.45) is 0 Å². The first-order chi connectivity index (χ1) is 15.3. The number of carbonyl (C=O) groups excluding carboxylic acids is 1. The second-order valence-corrected chi connectivity index (χ2v) is 8.95.